The van der Waals surface area contributed by atoms with E-state index in [4.69, 9.17) is 14.9 Å². The molecular weight excluding hydrogens is 208 g/mol. The van der Waals surface area contributed by atoms with Crippen LogP contribution >= 0.6 is 0 Å². The van der Waals surface area contributed by atoms with Crippen molar-refractivity contribution in [2.24, 2.45) is 0 Å². The van der Waals surface area contributed by atoms with Crippen LogP contribution in [0, 0.1) is 0 Å². The van der Waals surface area contributed by atoms with Gasteiger partial charge in [-0.3, -0.25) is 0 Å². The fourth-order valence-corrected chi connectivity index (χ4v) is 1.25. The number of rotatable bonds is 5. The predicted octanol–water partition coefficient (Wildman–Crippen LogP) is 1.46. The minimum absolute atomic E-state index is 0.00781. The summed E-state index contributed by atoms with van der Waals surface area (Å²) in [7, 11) is 0. The zero-order valence-electron chi connectivity index (χ0n) is 9.43. The van der Waals surface area contributed by atoms with Crippen molar-refractivity contribution in [2.45, 2.75) is 25.9 Å². The van der Waals surface area contributed by atoms with E-state index in [2.05, 4.69) is 0 Å². The molecule has 0 aromatic heterocycles. The van der Waals surface area contributed by atoms with Gasteiger partial charge in [0.15, 0.2) is 5.60 Å². The Hall–Kier alpha value is -1.55. The molecule has 88 valence electrons. The maximum atomic E-state index is 10.9. The number of aliphatic carboxylic acids is 1. The zero-order valence-corrected chi connectivity index (χ0v) is 9.43. The lowest BCUT2D eigenvalue weighted by Crippen LogP contribution is -2.38. The predicted molar refractivity (Wildman–Crippen MR) is 59.6 cm³/mol. The number of para-hydroxylation sites is 1. The molecular formula is C12H16O4. The Labute approximate surface area is 94.5 Å². The normalized spacial score (nSPS) is 11.2. The number of benzene rings is 1. The van der Waals surface area contributed by atoms with Gasteiger partial charge in [0.2, 0.25) is 0 Å². The lowest BCUT2D eigenvalue weighted by Gasteiger charge is -2.23. The summed E-state index contributed by atoms with van der Waals surface area (Å²) < 4.78 is 5.44. The van der Waals surface area contributed by atoms with Crippen LogP contribution in [0.15, 0.2) is 24.3 Å². The van der Waals surface area contributed by atoms with Gasteiger partial charge in [0.1, 0.15) is 5.75 Å². The summed E-state index contributed by atoms with van der Waals surface area (Å²) in [4.78, 5) is 10.9. The van der Waals surface area contributed by atoms with Gasteiger partial charge < -0.3 is 14.9 Å². The Kier molecular flexibility index (Phi) is 3.90. The molecule has 4 heteroatoms. The van der Waals surface area contributed by atoms with Gasteiger partial charge in [0, 0.05) is 6.61 Å². The van der Waals surface area contributed by atoms with Crippen LogP contribution in [-0.2, 0) is 11.2 Å². The van der Waals surface area contributed by atoms with E-state index in [-0.39, 0.29) is 6.61 Å². The van der Waals surface area contributed by atoms with E-state index in [9.17, 15) is 4.79 Å². The number of ether oxygens (including phenoxy) is 1. The van der Waals surface area contributed by atoms with Crippen LogP contribution in [0.25, 0.3) is 0 Å². The molecule has 0 fully saturated rings. The van der Waals surface area contributed by atoms with Gasteiger partial charge in [-0.2, -0.15) is 0 Å². The third kappa shape index (κ3) is 2.97. The summed E-state index contributed by atoms with van der Waals surface area (Å²) in [5, 5.41) is 17.8. The van der Waals surface area contributed by atoms with Gasteiger partial charge >= 0.3 is 5.97 Å². The molecule has 0 heterocycles. The van der Waals surface area contributed by atoms with Gasteiger partial charge in [0.05, 0.1) is 0 Å². The van der Waals surface area contributed by atoms with Crippen molar-refractivity contribution in [1.82, 2.24) is 0 Å². The number of hydrogen-bond donors (Lipinski definition) is 2. The summed E-state index contributed by atoms with van der Waals surface area (Å²) in [6.07, 6.45) is 0.450. The van der Waals surface area contributed by atoms with Crippen LogP contribution in [0.3, 0.4) is 0 Å². The smallest absolute Gasteiger partial charge is 0.347 e. The van der Waals surface area contributed by atoms with Gasteiger partial charge in [-0.05, 0) is 31.9 Å². The Bertz CT molecular complexity index is 371. The molecule has 0 unspecified atom stereocenters. The Morgan fingerprint density at radius 1 is 1.38 bits per heavy atom. The highest BCUT2D eigenvalue weighted by Gasteiger charge is 2.29. The van der Waals surface area contributed by atoms with E-state index < -0.39 is 11.6 Å². The molecule has 0 aliphatic heterocycles. The second-order valence-corrected chi connectivity index (χ2v) is 4.00. The molecule has 0 bridgehead atoms. The van der Waals surface area contributed by atoms with E-state index in [1.165, 1.54) is 13.8 Å². The van der Waals surface area contributed by atoms with Crippen LogP contribution in [0.5, 0.6) is 5.75 Å². The lowest BCUT2D eigenvalue weighted by atomic mass is 10.1. The molecule has 0 saturated carbocycles. The molecule has 0 saturated heterocycles. The molecule has 16 heavy (non-hydrogen) atoms. The summed E-state index contributed by atoms with van der Waals surface area (Å²) >= 11 is 0. The van der Waals surface area contributed by atoms with Crippen molar-refractivity contribution >= 4 is 5.97 Å². The monoisotopic (exact) mass is 224 g/mol. The first kappa shape index (κ1) is 12.5. The zero-order chi connectivity index (χ0) is 12.2. The second-order valence-electron chi connectivity index (χ2n) is 4.00. The van der Waals surface area contributed by atoms with Gasteiger partial charge in [-0.25, -0.2) is 4.79 Å². The standard InChI is InChI=1S/C12H16O4/c1-12(2,11(14)15)16-10-6-4-3-5-9(10)7-8-13/h3-6,13H,7-8H2,1-2H3,(H,14,15). The maximum Gasteiger partial charge on any atom is 0.347 e. The topological polar surface area (TPSA) is 66.8 Å². The third-order valence-corrected chi connectivity index (χ3v) is 2.23. The maximum absolute atomic E-state index is 10.9. The van der Waals surface area contributed by atoms with Gasteiger partial charge in [-0.15, -0.1) is 0 Å². The van der Waals surface area contributed by atoms with Gasteiger partial charge in [0.25, 0.3) is 0 Å². The Balaban J connectivity index is 2.92. The first-order chi connectivity index (χ1) is 7.47. The minimum Gasteiger partial charge on any atom is -0.478 e. The van der Waals surface area contributed by atoms with Crippen molar-refractivity contribution in [3.63, 3.8) is 0 Å². The molecule has 0 aliphatic rings. The molecule has 1 aromatic rings. The van der Waals surface area contributed by atoms with E-state index >= 15 is 0 Å². The number of aliphatic hydroxyl groups excluding tert-OH is 1. The largest absolute Gasteiger partial charge is 0.478 e. The van der Waals surface area contributed by atoms with E-state index in [0.29, 0.717) is 12.2 Å². The van der Waals surface area contributed by atoms with E-state index in [0.717, 1.165) is 5.56 Å². The molecule has 2 N–H and O–H groups in total. The summed E-state index contributed by atoms with van der Waals surface area (Å²) in [5.74, 6) is -0.518. The number of aliphatic hydroxyl groups is 1. The number of carboxylic acid groups (broad SMARTS) is 1. The SMILES string of the molecule is CC(C)(Oc1ccccc1CCO)C(=O)O. The minimum atomic E-state index is -1.27. The molecule has 0 aliphatic carbocycles. The summed E-state index contributed by atoms with van der Waals surface area (Å²) in [6.45, 7) is 2.99. The van der Waals surface area contributed by atoms with Crippen LogP contribution < -0.4 is 4.74 Å². The van der Waals surface area contributed by atoms with Crippen molar-refractivity contribution in [1.29, 1.82) is 0 Å². The van der Waals surface area contributed by atoms with Gasteiger partial charge in [-0.1, -0.05) is 18.2 Å². The Morgan fingerprint density at radius 3 is 2.56 bits per heavy atom. The number of carbonyl (C=O) groups is 1. The van der Waals surface area contributed by atoms with E-state index in [1.54, 1.807) is 12.1 Å². The van der Waals surface area contributed by atoms with Crippen LogP contribution in [0.4, 0.5) is 0 Å². The first-order valence-corrected chi connectivity index (χ1v) is 5.08. The fourth-order valence-electron chi connectivity index (χ4n) is 1.25. The second kappa shape index (κ2) is 4.99. The molecule has 0 amide bonds. The lowest BCUT2D eigenvalue weighted by molar-refractivity contribution is -0.152. The molecule has 4 nitrogen and oxygen atoms in total. The third-order valence-electron chi connectivity index (χ3n) is 2.23. The molecule has 1 rings (SSSR count). The van der Waals surface area contributed by atoms with Crippen molar-refractivity contribution < 1.29 is 19.7 Å². The average molecular weight is 224 g/mol. The van der Waals surface area contributed by atoms with Crippen molar-refractivity contribution in [2.75, 3.05) is 6.61 Å². The van der Waals surface area contributed by atoms with Crippen LogP contribution in [0.1, 0.15) is 19.4 Å². The molecule has 0 spiro atoms. The fraction of sp³-hybridized carbons (Fsp3) is 0.417. The summed E-state index contributed by atoms with van der Waals surface area (Å²) in [6, 6.07) is 7.11. The quantitative estimate of drug-likeness (QED) is 0.794. The van der Waals surface area contributed by atoms with Crippen LogP contribution in [-0.4, -0.2) is 28.4 Å². The molecule has 0 atom stereocenters. The number of carboxylic acids is 1. The average Bonchev–Trinajstić information content (AvgIpc) is 2.20. The van der Waals surface area contributed by atoms with Crippen LogP contribution in [0.2, 0.25) is 0 Å². The molecule has 1 aromatic carbocycles. The van der Waals surface area contributed by atoms with Crippen molar-refractivity contribution in [3.8, 4) is 5.75 Å². The van der Waals surface area contributed by atoms with Crippen molar-refractivity contribution in [3.05, 3.63) is 29.8 Å². The van der Waals surface area contributed by atoms with E-state index in [1.807, 2.05) is 12.1 Å². The highest BCUT2D eigenvalue weighted by molar-refractivity contribution is 5.76. The highest BCUT2D eigenvalue weighted by Crippen LogP contribution is 2.23. The molecule has 0 radical (unpaired) electrons. The highest BCUT2D eigenvalue weighted by atomic mass is 16.5. The Morgan fingerprint density at radius 2 is 2.00 bits per heavy atom. The summed E-state index contributed by atoms with van der Waals surface area (Å²) in [5.41, 5.74) is -0.467. The first-order valence-electron chi connectivity index (χ1n) is 5.08. The number of hydrogen-bond acceptors (Lipinski definition) is 3.